The summed E-state index contributed by atoms with van der Waals surface area (Å²) in [5.74, 6) is -0.445. The number of hydrogen-bond donors (Lipinski definition) is 4. The van der Waals surface area contributed by atoms with Gasteiger partial charge in [-0.15, -0.1) is 6.58 Å². The molecule has 1 saturated carbocycles. The van der Waals surface area contributed by atoms with E-state index in [-0.39, 0.29) is 43.5 Å². The Morgan fingerprint density at radius 3 is 2.40 bits per heavy atom. The number of carbonyl (C=O) groups is 2. The second-order valence-electron chi connectivity index (χ2n) is 7.20. The summed E-state index contributed by atoms with van der Waals surface area (Å²) < 4.78 is 0. The topological polar surface area (TPSA) is 98.7 Å². The van der Waals surface area contributed by atoms with Crippen molar-refractivity contribution >= 4 is 11.8 Å². The number of allylic oxidation sites excluding steroid dienone is 1. The summed E-state index contributed by atoms with van der Waals surface area (Å²) in [5.41, 5.74) is 0. The number of rotatable bonds is 11. The largest absolute Gasteiger partial charge is 0.394 e. The maximum atomic E-state index is 12.5. The van der Waals surface area contributed by atoms with Gasteiger partial charge in [0.1, 0.15) is 0 Å². The van der Waals surface area contributed by atoms with Crippen LogP contribution in [0.25, 0.3) is 0 Å². The van der Waals surface area contributed by atoms with Crippen molar-refractivity contribution in [3.05, 3.63) is 12.7 Å². The lowest BCUT2D eigenvalue weighted by molar-refractivity contribution is -0.131. The summed E-state index contributed by atoms with van der Waals surface area (Å²) >= 11 is 0. The monoisotopic (exact) mass is 354 g/mol. The highest BCUT2D eigenvalue weighted by atomic mass is 16.3. The minimum absolute atomic E-state index is 0.0454. The fraction of sp³-hybridized carbons (Fsp3) is 0.789. The standard InChI is InChI=1S/C19H34N2O4/c1-3-7-16(11-18(24)20-14(2)12-22)19(25)21-17(13-23)10-15-8-5-4-6-9-15/h3,14-17,22-23H,1,4-13H2,2H3,(H,20,24)(H,21,25)/t14-,16+,17-/m0/s1. The van der Waals surface area contributed by atoms with E-state index in [0.29, 0.717) is 12.3 Å². The Hall–Kier alpha value is -1.40. The average Bonchev–Trinajstić information content (AvgIpc) is 2.61. The lowest BCUT2D eigenvalue weighted by Crippen LogP contribution is -2.44. The Bertz CT molecular complexity index is 422. The van der Waals surface area contributed by atoms with E-state index < -0.39 is 5.92 Å². The van der Waals surface area contributed by atoms with Crippen LogP contribution in [-0.4, -0.2) is 47.3 Å². The van der Waals surface area contributed by atoms with E-state index in [9.17, 15) is 14.7 Å². The number of amides is 2. The van der Waals surface area contributed by atoms with Crippen LogP contribution in [0.1, 0.15) is 58.3 Å². The predicted octanol–water partition coefficient (Wildman–Crippen LogP) is 1.51. The summed E-state index contributed by atoms with van der Waals surface area (Å²) in [6, 6.07) is -0.598. The van der Waals surface area contributed by atoms with Crippen molar-refractivity contribution in [3.63, 3.8) is 0 Å². The molecule has 0 unspecified atom stereocenters. The quantitative estimate of drug-likeness (QED) is 0.423. The van der Waals surface area contributed by atoms with E-state index in [0.717, 1.165) is 19.3 Å². The first-order valence-corrected chi connectivity index (χ1v) is 9.42. The van der Waals surface area contributed by atoms with Crippen LogP contribution in [0.2, 0.25) is 0 Å². The molecule has 0 aliphatic heterocycles. The second-order valence-corrected chi connectivity index (χ2v) is 7.20. The third-order valence-corrected chi connectivity index (χ3v) is 4.84. The highest BCUT2D eigenvalue weighted by Crippen LogP contribution is 2.27. The highest BCUT2D eigenvalue weighted by molar-refractivity contribution is 5.86. The molecule has 0 aromatic heterocycles. The molecular formula is C19H34N2O4. The fourth-order valence-corrected chi connectivity index (χ4v) is 3.41. The zero-order valence-corrected chi connectivity index (χ0v) is 15.4. The minimum Gasteiger partial charge on any atom is -0.394 e. The van der Waals surface area contributed by atoms with Crippen molar-refractivity contribution in [1.82, 2.24) is 10.6 Å². The lowest BCUT2D eigenvalue weighted by atomic mass is 9.85. The maximum absolute atomic E-state index is 12.5. The molecule has 0 radical (unpaired) electrons. The van der Waals surface area contributed by atoms with Gasteiger partial charge in [-0.05, 0) is 25.7 Å². The van der Waals surface area contributed by atoms with Crippen LogP contribution in [0.3, 0.4) is 0 Å². The zero-order valence-electron chi connectivity index (χ0n) is 15.4. The summed E-state index contributed by atoms with van der Waals surface area (Å²) in [6.07, 6.45) is 8.89. The molecule has 0 bridgehead atoms. The normalized spacial score (nSPS) is 18.8. The van der Waals surface area contributed by atoms with Gasteiger partial charge in [-0.25, -0.2) is 0 Å². The average molecular weight is 354 g/mol. The lowest BCUT2D eigenvalue weighted by Gasteiger charge is -2.27. The van der Waals surface area contributed by atoms with E-state index in [1.54, 1.807) is 13.0 Å². The highest BCUT2D eigenvalue weighted by Gasteiger charge is 2.25. The Kier molecular flexibility index (Phi) is 10.4. The molecule has 1 fully saturated rings. The third kappa shape index (κ3) is 8.50. The van der Waals surface area contributed by atoms with E-state index in [4.69, 9.17) is 5.11 Å². The van der Waals surface area contributed by atoms with Gasteiger partial charge in [-0.3, -0.25) is 9.59 Å². The molecule has 0 spiro atoms. The van der Waals surface area contributed by atoms with Gasteiger partial charge in [0.25, 0.3) is 0 Å². The van der Waals surface area contributed by atoms with Gasteiger partial charge in [0.2, 0.25) is 11.8 Å². The summed E-state index contributed by atoms with van der Waals surface area (Å²) in [7, 11) is 0. The van der Waals surface area contributed by atoms with E-state index in [1.165, 1.54) is 19.3 Å². The SMILES string of the molecule is C=CC[C@H](CC(=O)N[C@@H](C)CO)C(=O)N[C@H](CO)CC1CCCCC1. The maximum Gasteiger partial charge on any atom is 0.224 e. The number of nitrogens with one attached hydrogen (secondary N) is 2. The number of aliphatic hydroxyl groups is 2. The smallest absolute Gasteiger partial charge is 0.224 e. The minimum atomic E-state index is -0.510. The molecule has 1 aliphatic carbocycles. The molecule has 1 aliphatic rings. The molecule has 0 aromatic rings. The van der Waals surface area contributed by atoms with E-state index in [1.807, 2.05) is 0 Å². The predicted molar refractivity (Wildman–Crippen MR) is 97.8 cm³/mol. The summed E-state index contributed by atoms with van der Waals surface area (Å²) in [4.78, 5) is 24.5. The first kappa shape index (κ1) is 21.6. The van der Waals surface area contributed by atoms with Crippen molar-refractivity contribution in [2.24, 2.45) is 11.8 Å². The first-order chi connectivity index (χ1) is 12.0. The third-order valence-electron chi connectivity index (χ3n) is 4.84. The molecule has 1 rings (SSSR count). The molecule has 144 valence electrons. The fourth-order valence-electron chi connectivity index (χ4n) is 3.41. The van der Waals surface area contributed by atoms with Crippen LogP contribution in [0.5, 0.6) is 0 Å². The molecule has 0 aromatic carbocycles. The molecule has 25 heavy (non-hydrogen) atoms. The van der Waals surface area contributed by atoms with Crippen molar-refractivity contribution in [1.29, 1.82) is 0 Å². The molecule has 2 amide bonds. The van der Waals surface area contributed by atoms with Crippen molar-refractivity contribution in [3.8, 4) is 0 Å². The molecule has 0 heterocycles. The van der Waals surface area contributed by atoms with Crippen molar-refractivity contribution in [2.45, 2.75) is 70.4 Å². The molecule has 0 saturated heterocycles. The first-order valence-electron chi connectivity index (χ1n) is 9.42. The van der Waals surface area contributed by atoms with Crippen LogP contribution >= 0.6 is 0 Å². The van der Waals surface area contributed by atoms with Gasteiger partial charge >= 0.3 is 0 Å². The number of hydrogen-bond acceptors (Lipinski definition) is 4. The van der Waals surface area contributed by atoms with Crippen molar-refractivity contribution < 1.29 is 19.8 Å². The van der Waals surface area contributed by atoms with Gasteiger partial charge in [0, 0.05) is 12.5 Å². The second kappa shape index (κ2) is 12.0. The van der Waals surface area contributed by atoms with E-state index >= 15 is 0 Å². The molecule has 6 nitrogen and oxygen atoms in total. The molecule has 4 N–H and O–H groups in total. The molecule has 3 atom stereocenters. The number of aliphatic hydroxyl groups excluding tert-OH is 2. The Balaban J connectivity index is 2.54. The van der Waals surface area contributed by atoms with Gasteiger partial charge < -0.3 is 20.8 Å². The zero-order chi connectivity index (χ0) is 18.7. The van der Waals surface area contributed by atoms with Gasteiger partial charge in [-0.2, -0.15) is 0 Å². The summed E-state index contributed by atoms with van der Waals surface area (Å²) in [5, 5.41) is 24.2. The molecule has 6 heteroatoms. The van der Waals surface area contributed by atoms with Crippen molar-refractivity contribution in [2.75, 3.05) is 13.2 Å². The van der Waals surface area contributed by atoms with Crippen LogP contribution in [0, 0.1) is 11.8 Å². The van der Waals surface area contributed by atoms with Crippen LogP contribution in [0.15, 0.2) is 12.7 Å². The Morgan fingerprint density at radius 1 is 1.16 bits per heavy atom. The molecular weight excluding hydrogens is 320 g/mol. The Morgan fingerprint density at radius 2 is 1.84 bits per heavy atom. The summed E-state index contributed by atoms with van der Waals surface area (Å²) in [6.45, 7) is 5.13. The Labute approximate surface area is 151 Å². The number of carbonyl (C=O) groups excluding carboxylic acids is 2. The van der Waals surface area contributed by atoms with Gasteiger partial charge in [-0.1, -0.05) is 38.2 Å². The van der Waals surface area contributed by atoms with Gasteiger partial charge in [0.05, 0.1) is 25.2 Å². The van der Waals surface area contributed by atoms with Crippen LogP contribution in [0.4, 0.5) is 0 Å². The van der Waals surface area contributed by atoms with Gasteiger partial charge in [0.15, 0.2) is 0 Å². The van der Waals surface area contributed by atoms with Crippen LogP contribution in [-0.2, 0) is 9.59 Å². The van der Waals surface area contributed by atoms with Crippen LogP contribution < -0.4 is 10.6 Å². The van der Waals surface area contributed by atoms with E-state index in [2.05, 4.69) is 17.2 Å².